The van der Waals surface area contributed by atoms with Crippen LogP contribution in [0.2, 0.25) is 0 Å². The Morgan fingerprint density at radius 2 is 2.17 bits per heavy atom. The maximum Gasteiger partial charge on any atom is 0.335 e. The van der Waals surface area contributed by atoms with Crippen LogP contribution in [0.4, 0.5) is 0 Å². The lowest BCUT2D eigenvalue weighted by atomic mass is 9.89. The molecule has 1 aromatic carbocycles. The predicted octanol–water partition coefficient (Wildman–Crippen LogP) is 1.74. The highest BCUT2D eigenvalue weighted by atomic mass is 16.4. The first-order chi connectivity index (χ1) is 8.56. The second kappa shape index (κ2) is 3.81. The van der Waals surface area contributed by atoms with Gasteiger partial charge in [-0.1, -0.05) is 0 Å². The van der Waals surface area contributed by atoms with Crippen LogP contribution in [0, 0.1) is 6.92 Å². The van der Waals surface area contributed by atoms with Crippen molar-refractivity contribution in [3.8, 4) is 0 Å². The molecule has 0 radical (unpaired) electrons. The van der Waals surface area contributed by atoms with Gasteiger partial charge < -0.3 is 14.8 Å². The van der Waals surface area contributed by atoms with E-state index in [1.807, 2.05) is 11.5 Å². The summed E-state index contributed by atoms with van der Waals surface area (Å²) in [6, 6.07) is 5.19. The number of rotatable bonds is 2. The molecule has 5 heteroatoms. The van der Waals surface area contributed by atoms with Crippen molar-refractivity contribution in [1.82, 2.24) is 9.55 Å². The zero-order chi connectivity index (χ0) is 12.9. The highest BCUT2D eigenvalue weighted by molar-refractivity contribution is 5.92. The molecule has 1 heterocycles. The van der Waals surface area contributed by atoms with Crippen LogP contribution in [0.3, 0.4) is 0 Å². The van der Waals surface area contributed by atoms with Gasteiger partial charge in [0.25, 0.3) is 0 Å². The Kier molecular flexibility index (Phi) is 2.38. The topological polar surface area (TPSA) is 75.3 Å². The molecule has 2 N–H and O–H groups in total. The molecule has 0 atom stereocenters. The molecule has 0 spiro atoms. The number of aromatic nitrogens is 2. The van der Waals surface area contributed by atoms with Gasteiger partial charge in [-0.2, -0.15) is 0 Å². The van der Waals surface area contributed by atoms with Crippen LogP contribution in [0.5, 0.6) is 0 Å². The normalized spacial score (nSPS) is 23.0. The van der Waals surface area contributed by atoms with E-state index in [-0.39, 0.29) is 17.7 Å². The number of aliphatic hydroxyl groups is 1. The summed E-state index contributed by atoms with van der Waals surface area (Å²) >= 11 is 0. The van der Waals surface area contributed by atoms with Crippen molar-refractivity contribution in [2.75, 3.05) is 0 Å². The van der Waals surface area contributed by atoms with Crippen LogP contribution in [-0.2, 0) is 0 Å². The summed E-state index contributed by atoms with van der Waals surface area (Å²) in [4.78, 5) is 15.4. The molecule has 0 bridgehead atoms. The summed E-state index contributed by atoms with van der Waals surface area (Å²) in [5.41, 5.74) is 1.91. The molecule has 1 aliphatic carbocycles. The van der Waals surface area contributed by atoms with E-state index in [2.05, 4.69) is 4.98 Å². The van der Waals surface area contributed by atoms with Crippen LogP contribution >= 0.6 is 0 Å². The number of carboxylic acids is 1. The highest BCUT2D eigenvalue weighted by Gasteiger charge is 2.30. The number of benzene rings is 1. The molecule has 1 saturated carbocycles. The van der Waals surface area contributed by atoms with E-state index >= 15 is 0 Å². The molecule has 1 fully saturated rings. The Bertz CT molecular complexity index is 626. The van der Waals surface area contributed by atoms with Gasteiger partial charge in [-0.15, -0.1) is 0 Å². The molecular formula is C13H14N2O3. The average Bonchev–Trinajstić information content (AvgIpc) is 2.59. The summed E-state index contributed by atoms with van der Waals surface area (Å²) in [5.74, 6) is -0.0691. The molecule has 0 amide bonds. The van der Waals surface area contributed by atoms with Gasteiger partial charge in [0, 0.05) is 6.04 Å². The quantitative estimate of drug-likeness (QED) is 0.846. The lowest BCUT2D eigenvalue weighted by Gasteiger charge is -2.33. The highest BCUT2D eigenvalue weighted by Crippen LogP contribution is 2.35. The van der Waals surface area contributed by atoms with E-state index in [0.717, 1.165) is 16.9 Å². The van der Waals surface area contributed by atoms with Crippen molar-refractivity contribution >= 4 is 17.0 Å². The molecule has 0 aliphatic heterocycles. The Morgan fingerprint density at radius 3 is 2.78 bits per heavy atom. The molecule has 1 aliphatic rings. The standard InChI is InChI=1S/C13H14N2O3/c1-7-14-11-3-2-8(13(17)18)4-12(11)15(7)9-5-10(16)6-9/h2-4,9-10,16H,5-6H2,1H3,(H,17,18). The molecule has 0 unspecified atom stereocenters. The second-order valence-corrected chi connectivity index (χ2v) is 4.82. The third kappa shape index (κ3) is 1.59. The van der Waals surface area contributed by atoms with E-state index in [1.54, 1.807) is 18.2 Å². The predicted molar refractivity (Wildman–Crippen MR) is 65.7 cm³/mol. The molecule has 3 rings (SSSR count). The number of fused-ring (bicyclic) bond motifs is 1. The first-order valence-electron chi connectivity index (χ1n) is 5.96. The molecule has 2 aromatic rings. The smallest absolute Gasteiger partial charge is 0.335 e. The number of nitrogens with zero attached hydrogens (tertiary/aromatic N) is 2. The van der Waals surface area contributed by atoms with Gasteiger partial charge >= 0.3 is 5.97 Å². The zero-order valence-electron chi connectivity index (χ0n) is 10.00. The Morgan fingerprint density at radius 1 is 1.44 bits per heavy atom. The van der Waals surface area contributed by atoms with Crippen LogP contribution < -0.4 is 0 Å². The van der Waals surface area contributed by atoms with Crippen molar-refractivity contribution in [2.45, 2.75) is 31.9 Å². The summed E-state index contributed by atoms with van der Waals surface area (Å²) in [6.45, 7) is 1.91. The van der Waals surface area contributed by atoms with E-state index in [9.17, 15) is 9.90 Å². The minimum absolute atomic E-state index is 0.231. The van der Waals surface area contributed by atoms with Gasteiger partial charge in [0.05, 0.1) is 22.7 Å². The summed E-state index contributed by atoms with van der Waals surface area (Å²) in [5, 5.41) is 18.4. The van der Waals surface area contributed by atoms with Gasteiger partial charge in [-0.25, -0.2) is 9.78 Å². The lowest BCUT2D eigenvalue weighted by Crippen LogP contribution is -2.31. The maximum atomic E-state index is 11.0. The second-order valence-electron chi connectivity index (χ2n) is 4.82. The monoisotopic (exact) mass is 246 g/mol. The zero-order valence-corrected chi connectivity index (χ0v) is 10.00. The van der Waals surface area contributed by atoms with Crippen molar-refractivity contribution in [3.63, 3.8) is 0 Å². The third-order valence-corrected chi connectivity index (χ3v) is 3.57. The number of aryl methyl sites for hydroxylation is 1. The first-order valence-corrected chi connectivity index (χ1v) is 5.96. The molecule has 18 heavy (non-hydrogen) atoms. The van der Waals surface area contributed by atoms with Gasteiger partial charge in [0.1, 0.15) is 5.82 Å². The Hall–Kier alpha value is -1.88. The minimum atomic E-state index is -0.934. The Balaban J connectivity index is 2.14. The molecule has 5 nitrogen and oxygen atoms in total. The number of hydrogen-bond donors (Lipinski definition) is 2. The molecule has 0 saturated heterocycles. The largest absolute Gasteiger partial charge is 0.478 e. The number of hydrogen-bond acceptors (Lipinski definition) is 3. The summed E-state index contributed by atoms with van der Waals surface area (Å²) in [6.07, 6.45) is 1.18. The van der Waals surface area contributed by atoms with Crippen LogP contribution in [0.1, 0.15) is 35.1 Å². The van der Waals surface area contributed by atoms with Crippen molar-refractivity contribution in [3.05, 3.63) is 29.6 Å². The van der Waals surface area contributed by atoms with Gasteiger partial charge in [-0.05, 0) is 38.0 Å². The fourth-order valence-electron chi connectivity index (χ4n) is 2.58. The summed E-state index contributed by atoms with van der Waals surface area (Å²) < 4.78 is 2.04. The summed E-state index contributed by atoms with van der Waals surface area (Å²) in [7, 11) is 0. The van der Waals surface area contributed by atoms with E-state index < -0.39 is 5.97 Å². The number of aromatic carboxylic acids is 1. The number of carboxylic acid groups (broad SMARTS) is 1. The van der Waals surface area contributed by atoms with Crippen LogP contribution in [0.15, 0.2) is 18.2 Å². The van der Waals surface area contributed by atoms with Crippen LogP contribution in [0.25, 0.3) is 11.0 Å². The van der Waals surface area contributed by atoms with Gasteiger partial charge in [-0.3, -0.25) is 0 Å². The SMILES string of the molecule is Cc1nc2ccc(C(=O)O)cc2n1C1CC(O)C1. The number of imidazole rings is 1. The van der Waals surface area contributed by atoms with E-state index in [1.165, 1.54) is 0 Å². The fourth-order valence-corrected chi connectivity index (χ4v) is 2.58. The molecule has 1 aromatic heterocycles. The van der Waals surface area contributed by atoms with Crippen molar-refractivity contribution in [2.24, 2.45) is 0 Å². The van der Waals surface area contributed by atoms with Crippen LogP contribution in [-0.4, -0.2) is 31.8 Å². The fraction of sp³-hybridized carbons (Fsp3) is 0.385. The van der Waals surface area contributed by atoms with Crippen molar-refractivity contribution in [1.29, 1.82) is 0 Å². The number of carbonyl (C=O) groups is 1. The minimum Gasteiger partial charge on any atom is -0.478 e. The van der Waals surface area contributed by atoms with Gasteiger partial charge in [0.2, 0.25) is 0 Å². The van der Waals surface area contributed by atoms with Crippen molar-refractivity contribution < 1.29 is 15.0 Å². The lowest BCUT2D eigenvalue weighted by molar-refractivity contribution is 0.0493. The first kappa shape index (κ1) is 11.2. The third-order valence-electron chi connectivity index (χ3n) is 3.57. The molecule has 94 valence electrons. The molecular weight excluding hydrogens is 232 g/mol. The van der Waals surface area contributed by atoms with E-state index in [4.69, 9.17) is 5.11 Å². The number of aliphatic hydroxyl groups excluding tert-OH is 1. The average molecular weight is 246 g/mol. The Labute approximate surface area is 104 Å². The maximum absolute atomic E-state index is 11.0. The van der Waals surface area contributed by atoms with Gasteiger partial charge in [0.15, 0.2) is 0 Å². The van der Waals surface area contributed by atoms with E-state index in [0.29, 0.717) is 12.8 Å².